The zero-order valence-corrected chi connectivity index (χ0v) is 10.6. The van der Waals surface area contributed by atoms with Gasteiger partial charge in [-0.3, -0.25) is 0 Å². The summed E-state index contributed by atoms with van der Waals surface area (Å²) in [6, 6.07) is 2.05. The lowest BCUT2D eigenvalue weighted by Gasteiger charge is -2.25. The van der Waals surface area contributed by atoms with Crippen LogP contribution in [0.5, 0.6) is 0 Å². The van der Waals surface area contributed by atoms with Gasteiger partial charge in [-0.25, -0.2) is 4.98 Å². The second kappa shape index (κ2) is 5.36. The minimum Gasteiger partial charge on any atom is -0.397 e. The summed E-state index contributed by atoms with van der Waals surface area (Å²) in [7, 11) is 0. The van der Waals surface area contributed by atoms with Crippen molar-refractivity contribution in [2.45, 2.75) is 32.8 Å². The summed E-state index contributed by atoms with van der Waals surface area (Å²) in [5, 5.41) is 0. The number of anilines is 2. The van der Waals surface area contributed by atoms with E-state index in [4.69, 9.17) is 10.5 Å². The molecule has 1 atom stereocenters. The molecule has 0 radical (unpaired) electrons. The molecule has 1 fully saturated rings. The number of pyridine rings is 1. The molecular weight excluding hydrogens is 214 g/mol. The molecule has 0 aromatic carbocycles. The monoisotopic (exact) mass is 235 g/mol. The normalized spacial score (nSPS) is 19.5. The molecule has 1 saturated heterocycles. The molecule has 1 unspecified atom stereocenters. The second-order valence-electron chi connectivity index (χ2n) is 4.57. The summed E-state index contributed by atoms with van der Waals surface area (Å²) in [5.74, 6) is 0.995. The maximum atomic E-state index is 5.79. The van der Waals surface area contributed by atoms with E-state index in [1.807, 2.05) is 13.0 Å². The highest BCUT2D eigenvalue weighted by Gasteiger charge is 2.19. The first-order valence-corrected chi connectivity index (χ1v) is 6.29. The second-order valence-corrected chi connectivity index (χ2v) is 4.57. The smallest absolute Gasteiger partial charge is 0.128 e. The fourth-order valence-corrected chi connectivity index (χ4v) is 2.14. The van der Waals surface area contributed by atoms with E-state index in [0.717, 1.165) is 43.2 Å². The van der Waals surface area contributed by atoms with Crippen molar-refractivity contribution in [2.75, 3.05) is 30.3 Å². The molecule has 1 aromatic heterocycles. The fraction of sp³-hybridized carbons (Fsp3) is 0.615. The number of ether oxygens (including phenoxy) is 1. The number of likely N-dealkylation sites (N-methyl/N-ethyl adjacent to an activating group) is 1. The van der Waals surface area contributed by atoms with Gasteiger partial charge in [0.2, 0.25) is 0 Å². The molecule has 4 nitrogen and oxygen atoms in total. The molecule has 2 heterocycles. The first-order chi connectivity index (χ1) is 8.20. The number of aromatic nitrogens is 1. The molecule has 1 aliphatic rings. The van der Waals surface area contributed by atoms with Crippen LogP contribution in [0.25, 0.3) is 0 Å². The third-order valence-corrected chi connectivity index (χ3v) is 3.29. The zero-order valence-electron chi connectivity index (χ0n) is 10.6. The Bertz CT molecular complexity index is 375. The molecule has 0 aliphatic carbocycles. The van der Waals surface area contributed by atoms with E-state index in [2.05, 4.69) is 16.8 Å². The Morgan fingerprint density at radius 2 is 2.41 bits per heavy atom. The number of rotatable bonds is 4. The maximum absolute atomic E-state index is 5.79. The summed E-state index contributed by atoms with van der Waals surface area (Å²) in [5.41, 5.74) is 7.62. The van der Waals surface area contributed by atoms with Gasteiger partial charge >= 0.3 is 0 Å². The average molecular weight is 235 g/mol. The largest absolute Gasteiger partial charge is 0.397 e. The van der Waals surface area contributed by atoms with Crippen LogP contribution in [0.3, 0.4) is 0 Å². The molecule has 0 amide bonds. The number of nitrogens with two attached hydrogens (primary N) is 1. The van der Waals surface area contributed by atoms with Gasteiger partial charge in [0, 0.05) is 19.7 Å². The van der Waals surface area contributed by atoms with Crippen LogP contribution in [-0.4, -0.2) is 30.8 Å². The first-order valence-electron chi connectivity index (χ1n) is 6.29. The minimum atomic E-state index is 0.356. The van der Waals surface area contributed by atoms with Gasteiger partial charge in [0.1, 0.15) is 5.82 Å². The number of nitrogens with zero attached hydrogens (tertiary/aromatic N) is 2. The van der Waals surface area contributed by atoms with E-state index in [-0.39, 0.29) is 0 Å². The van der Waals surface area contributed by atoms with E-state index >= 15 is 0 Å². The van der Waals surface area contributed by atoms with Gasteiger partial charge in [-0.05, 0) is 38.3 Å². The minimum absolute atomic E-state index is 0.356. The predicted octanol–water partition coefficient (Wildman–Crippen LogP) is 1.98. The molecule has 4 heteroatoms. The predicted molar refractivity (Wildman–Crippen MR) is 70.2 cm³/mol. The van der Waals surface area contributed by atoms with Crippen LogP contribution in [-0.2, 0) is 4.74 Å². The molecule has 1 aliphatic heterocycles. The van der Waals surface area contributed by atoms with Crippen LogP contribution in [0.1, 0.15) is 25.3 Å². The summed E-state index contributed by atoms with van der Waals surface area (Å²) in [6.07, 6.45) is 4.43. The summed E-state index contributed by atoms with van der Waals surface area (Å²) >= 11 is 0. The van der Waals surface area contributed by atoms with Crippen molar-refractivity contribution in [3.63, 3.8) is 0 Å². The van der Waals surface area contributed by atoms with E-state index in [1.54, 1.807) is 6.20 Å². The fourth-order valence-electron chi connectivity index (χ4n) is 2.14. The lowest BCUT2D eigenvalue weighted by atomic mass is 10.2. The number of hydrogen-bond acceptors (Lipinski definition) is 4. The molecular formula is C13H21N3O. The van der Waals surface area contributed by atoms with Crippen molar-refractivity contribution >= 4 is 11.5 Å². The van der Waals surface area contributed by atoms with E-state index in [0.29, 0.717) is 6.10 Å². The van der Waals surface area contributed by atoms with Crippen LogP contribution >= 0.6 is 0 Å². The van der Waals surface area contributed by atoms with Crippen LogP contribution in [0.2, 0.25) is 0 Å². The number of aryl methyl sites for hydroxylation is 1. The van der Waals surface area contributed by atoms with Crippen molar-refractivity contribution in [3.05, 3.63) is 17.8 Å². The molecule has 2 N–H and O–H groups in total. The molecule has 1 aromatic rings. The van der Waals surface area contributed by atoms with E-state index in [9.17, 15) is 0 Å². The molecule has 2 rings (SSSR count). The lowest BCUT2D eigenvalue weighted by molar-refractivity contribution is 0.115. The van der Waals surface area contributed by atoms with Crippen LogP contribution in [0, 0.1) is 6.92 Å². The third kappa shape index (κ3) is 2.88. The Labute approximate surface area is 103 Å². The third-order valence-electron chi connectivity index (χ3n) is 3.29. The molecule has 0 bridgehead atoms. The maximum Gasteiger partial charge on any atom is 0.128 e. The Morgan fingerprint density at radius 3 is 3.00 bits per heavy atom. The van der Waals surface area contributed by atoms with E-state index < -0.39 is 0 Å². The van der Waals surface area contributed by atoms with Crippen molar-refractivity contribution in [3.8, 4) is 0 Å². The van der Waals surface area contributed by atoms with Crippen molar-refractivity contribution in [2.24, 2.45) is 0 Å². The summed E-state index contributed by atoms with van der Waals surface area (Å²) in [4.78, 5) is 6.65. The SMILES string of the molecule is CCN(CC1CCCO1)c1cc(C)c(N)cn1. The highest BCUT2D eigenvalue weighted by molar-refractivity contribution is 5.52. The zero-order chi connectivity index (χ0) is 12.3. The van der Waals surface area contributed by atoms with Gasteiger partial charge in [0.15, 0.2) is 0 Å². The quantitative estimate of drug-likeness (QED) is 0.867. The van der Waals surface area contributed by atoms with E-state index in [1.165, 1.54) is 6.42 Å². The molecule has 0 spiro atoms. The Kier molecular flexibility index (Phi) is 3.84. The Hall–Kier alpha value is -1.29. The first kappa shape index (κ1) is 12.2. The summed E-state index contributed by atoms with van der Waals surface area (Å²) < 4.78 is 5.67. The number of nitrogen functional groups attached to an aromatic ring is 1. The highest BCUT2D eigenvalue weighted by atomic mass is 16.5. The highest BCUT2D eigenvalue weighted by Crippen LogP contribution is 2.20. The van der Waals surface area contributed by atoms with Crippen molar-refractivity contribution < 1.29 is 4.74 Å². The van der Waals surface area contributed by atoms with Gasteiger partial charge in [-0.1, -0.05) is 0 Å². The topological polar surface area (TPSA) is 51.4 Å². The van der Waals surface area contributed by atoms with Crippen LogP contribution in [0.15, 0.2) is 12.3 Å². The standard InChI is InChI=1S/C13H21N3O/c1-3-16(9-11-5-4-6-17-11)13-7-10(2)12(14)8-15-13/h7-8,11H,3-6,9,14H2,1-2H3. The van der Waals surface area contributed by atoms with Gasteiger partial charge in [-0.15, -0.1) is 0 Å². The molecule has 0 saturated carbocycles. The van der Waals surface area contributed by atoms with Crippen molar-refractivity contribution in [1.29, 1.82) is 0 Å². The van der Waals surface area contributed by atoms with Gasteiger partial charge in [-0.2, -0.15) is 0 Å². The van der Waals surface area contributed by atoms with Crippen LogP contribution in [0.4, 0.5) is 11.5 Å². The average Bonchev–Trinajstić information content (AvgIpc) is 2.82. The molecule has 17 heavy (non-hydrogen) atoms. The van der Waals surface area contributed by atoms with Crippen LogP contribution < -0.4 is 10.6 Å². The Balaban J connectivity index is 2.08. The molecule has 94 valence electrons. The van der Waals surface area contributed by atoms with Crippen molar-refractivity contribution in [1.82, 2.24) is 4.98 Å². The lowest BCUT2D eigenvalue weighted by Crippen LogP contribution is -2.32. The van der Waals surface area contributed by atoms with Gasteiger partial charge < -0.3 is 15.4 Å². The van der Waals surface area contributed by atoms with Gasteiger partial charge in [0.25, 0.3) is 0 Å². The summed E-state index contributed by atoms with van der Waals surface area (Å²) in [6.45, 7) is 6.92. The number of hydrogen-bond donors (Lipinski definition) is 1. The van der Waals surface area contributed by atoms with Gasteiger partial charge in [0.05, 0.1) is 18.0 Å². The Morgan fingerprint density at radius 1 is 1.59 bits per heavy atom.